The van der Waals surface area contributed by atoms with Gasteiger partial charge in [-0.05, 0) is 39.2 Å². The molecule has 1 aliphatic heterocycles. The van der Waals surface area contributed by atoms with E-state index in [1.54, 1.807) is 0 Å². The Morgan fingerprint density at radius 3 is 2.20 bits per heavy atom. The molecule has 0 spiro atoms. The van der Waals surface area contributed by atoms with E-state index in [1.807, 2.05) is 60.9 Å². The van der Waals surface area contributed by atoms with Crippen molar-refractivity contribution in [3.63, 3.8) is 0 Å². The molecule has 30 heavy (non-hydrogen) atoms. The molecule has 0 radical (unpaired) electrons. The molecule has 0 unspecified atom stereocenters. The maximum atomic E-state index is 13.1. The number of imide groups is 1. The van der Waals surface area contributed by atoms with Gasteiger partial charge in [0.05, 0.1) is 11.5 Å². The lowest BCUT2D eigenvalue weighted by atomic mass is 9.83. The fourth-order valence-corrected chi connectivity index (χ4v) is 4.36. The van der Waals surface area contributed by atoms with Gasteiger partial charge >= 0.3 is 6.03 Å². The van der Waals surface area contributed by atoms with Gasteiger partial charge in [-0.15, -0.1) is 0 Å². The van der Waals surface area contributed by atoms with Gasteiger partial charge in [0, 0.05) is 32.2 Å². The molecule has 7 nitrogen and oxygen atoms in total. The molecule has 1 aromatic rings. The van der Waals surface area contributed by atoms with Gasteiger partial charge in [0.1, 0.15) is 0 Å². The van der Waals surface area contributed by atoms with Crippen molar-refractivity contribution in [2.75, 3.05) is 26.2 Å². The number of rotatable bonds is 5. The number of hydrogen-bond acceptors (Lipinski definition) is 4. The Bertz CT molecular complexity index is 751. The van der Waals surface area contributed by atoms with Crippen molar-refractivity contribution >= 4 is 17.8 Å². The third kappa shape index (κ3) is 5.19. The summed E-state index contributed by atoms with van der Waals surface area (Å²) in [6.45, 7) is 8.07. The van der Waals surface area contributed by atoms with Crippen molar-refractivity contribution in [2.24, 2.45) is 0 Å². The van der Waals surface area contributed by atoms with E-state index in [0.717, 1.165) is 31.2 Å². The first kappa shape index (κ1) is 22.3. The lowest BCUT2D eigenvalue weighted by Crippen LogP contribution is -2.58. The monoisotopic (exact) mass is 414 g/mol. The summed E-state index contributed by atoms with van der Waals surface area (Å²) in [5.74, 6) is -0.198. The van der Waals surface area contributed by atoms with Crippen LogP contribution >= 0.6 is 0 Å². The molecule has 1 saturated carbocycles. The fraction of sp³-hybridized carbons (Fsp3) is 0.609. The Labute approximate surface area is 179 Å². The SMILES string of the molecule is C[C@H](C(=O)NC(=O)NC1CCCC1)N1CCN(C(=O)C(C)(C)c2ccccc2)CC1. The highest BCUT2D eigenvalue weighted by atomic mass is 16.2. The van der Waals surface area contributed by atoms with Gasteiger partial charge in [-0.1, -0.05) is 43.2 Å². The molecule has 2 aliphatic rings. The maximum Gasteiger partial charge on any atom is 0.321 e. The Morgan fingerprint density at radius 2 is 1.60 bits per heavy atom. The number of carbonyl (C=O) groups excluding carboxylic acids is 3. The van der Waals surface area contributed by atoms with Gasteiger partial charge in [0.2, 0.25) is 11.8 Å². The van der Waals surface area contributed by atoms with Crippen LogP contribution in [0.25, 0.3) is 0 Å². The molecule has 4 amide bonds. The zero-order valence-electron chi connectivity index (χ0n) is 18.3. The van der Waals surface area contributed by atoms with Crippen LogP contribution in [0, 0.1) is 0 Å². The first-order chi connectivity index (χ1) is 14.3. The molecule has 0 aromatic heterocycles. The highest BCUT2D eigenvalue weighted by Gasteiger charge is 2.36. The highest BCUT2D eigenvalue weighted by Crippen LogP contribution is 2.26. The summed E-state index contributed by atoms with van der Waals surface area (Å²) in [7, 11) is 0. The first-order valence-corrected chi connectivity index (χ1v) is 11.0. The van der Waals surface area contributed by atoms with E-state index in [-0.39, 0.29) is 17.9 Å². The lowest BCUT2D eigenvalue weighted by Gasteiger charge is -2.40. The van der Waals surface area contributed by atoms with Crippen LogP contribution in [0.1, 0.15) is 52.0 Å². The molecule has 3 rings (SSSR count). The molecule has 1 aliphatic carbocycles. The van der Waals surface area contributed by atoms with Crippen molar-refractivity contribution in [1.82, 2.24) is 20.4 Å². The van der Waals surface area contributed by atoms with Crippen LogP contribution in [0.15, 0.2) is 30.3 Å². The second-order valence-corrected chi connectivity index (χ2v) is 8.94. The summed E-state index contributed by atoms with van der Waals surface area (Å²) in [5.41, 5.74) is 0.406. The third-order valence-corrected chi connectivity index (χ3v) is 6.49. The van der Waals surface area contributed by atoms with Crippen LogP contribution in [-0.2, 0) is 15.0 Å². The predicted molar refractivity (Wildman–Crippen MR) is 116 cm³/mol. The second-order valence-electron chi connectivity index (χ2n) is 8.94. The summed E-state index contributed by atoms with van der Waals surface area (Å²) in [4.78, 5) is 41.6. The fourth-order valence-electron chi connectivity index (χ4n) is 4.36. The summed E-state index contributed by atoms with van der Waals surface area (Å²) in [5, 5.41) is 5.35. The molecule has 7 heteroatoms. The second kappa shape index (κ2) is 9.60. The van der Waals surface area contributed by atoms with Crippen LogP contribution in [-0.4, -0.2) is 65.9 Å². The Kier molecular flexibility index (Phi) is 7.13. The molecule has 1 saturated heterocycles. The quantitative estimate of drug-likeness (QED) is 0.774. The molecule has 1 atom stereocenters. The van der Waals surface area contributed by atoms with Gasteiger partial charge in [-0.25, -0.2) is 4.79 Å². The number of piperazine rings is 1. The van der Waals surface area contributed by atoms with E-state index in [1.165, 1.54) is 0 Å². The van der Waals surface area contributed by atoms with Gasteiger partial charge in [0.15, 0.2) is 0 Å². The van der Waals surface area contributed by atoms with Gasteiger partial charge in [-0.2, -0.15) is 0 Å². The van der Waals surface area contributed by atoms with Crippen molar-refractivity contribution in [2.45, 2.75) is 64.0 Å². The molecule has 2 N–H and O–H groups in total. The number of benzene rings is 1. The number of urea groups is 1. The predicted octanol–water partition coefficient (Wildman–Crippen LogP) is 2.27. The minimum Gasteiger partial charge on any atom is -0.339 e. The zero-order chi connectivity index (χ0) is 21.7. The number of nitrogens with zero attached hydrogens (tertiary/aromatic N) is 2. The third-order valence-electron chi connectivity index (χ3n) is 6.49. The number of amides is 4. The van der Waals surface area contributed by atoms with Gasteiger partial charge in [0.25, 0.3) is 0 Å². The highest BCUT2D eigenvalue weighted by molar-refractivity contribution is 5.97. The van der Waals surface area contributed by atoms with E-state index in [4.69, 9.17) is 0 Å². The number of hydrogen-bond donors (Lipinski definition) is 2. The van der Waals surface area contributed by atoms with Crippen LogP contribution in [0.5, 0.6) is 0 Å². The molecular formula is C23H34N4O3. The molecule has 164 valence electrons. The average Bonchev–Trinajstić information content (AvgIpc) is 3.26. The van der Waals surface area contributed by atoms with E-state index < -0.39 is 17.5 Å². The molecule has 0 bridgehead atoms. The first-order valence-electron chi connectivity index (χ1n) is 11.0. The summed E-state index contributed by atoms with van der Waals surface area (Å²) >= 11 is 0. The topological polar surface area (TPSA) is 81.8 Å². The van der Waals surface area contributed by atoms with Gasteiger partial charge < -0.3 is 10.2 Å². The van der Waals surface area contributed by atoms with Crippen LogP contribution < -0.4 is 10.6 Å². The Balaban J connectivity index is 1.48. The summed E-state index contributed by atoms with van der Waals surface area (Å²) in [6, 6.07) is 9.17. The zero-order valence-corrected chi connectivity index (χ0v) is 18.3. The van der Waals surface area contributed by atoms with E-state index >= 15 is 0 Å². The van der Waals surface area contributed by atoms with Crippen LogP contribution in [0.2, 0.25) is 0 Å². The minimum atomic E-state index is -0.593. The van der Waals surface area contributed by atoms with Crippen molar-refractivity contribution < 1.29 is 14.4 Å². The van der Waals surface area contributed by atoms with E-state index in [0.29, 0.717) is 26.2 Å². The molecular weight excluding hydrogens is 380 g/mol. The molecule has 1 aromatic carbocycles. The normalized spacial score (nSPS) is 19.4. The summed E-state index contributed by atoms with van der Waals surface area (Å²) < 4.78 is 0. The largest absolute Gasteiger partial charge is 0.339 e. The van der Waals surface area contributed by atoms with Crippen molar-refractivity contribution in [3.8, 4) is 0 Å². The lowest BCUT2D eigenvalue weighted by molar-refractivity contribution is -0.138. The maximum absolute atomic E-state index is 13.1. The minimum absolute atomic E-state index is 0.0985. The average molecular weight is 415 g/mol. The van der Waals surface area contributed by atoms with E-state index in [9.17, 15) is 14.4 Å². The van der Waals surface area contributed by atoms with Crippen LogP contribution in [0.4, 0.5) is 4.79 Å². The molecule has 2 fully saturated rings. The Hall–Kier alpha value is -2.41. The number of nitrogens with one attached hydrogen (secondary N) is 2. The van der Waals surface area contributed by atoms with Gasteiger partial charge in [-0.3, -0.25) is 19.8 Å². The van der Waals surface area contributed by atoms with Crippen LogP contribution in [0.3, 0.4) is 0 Å². The van der Waals surface area contributed by atoms with E-state index in [2.05, 4.69) is 10.6 Å². The number of carbonyl (C=O) groups is 3. The summed E-state index contributed by atoms with van der Waals surface area (Å²) in [6.07, 6.45) is 4.21. The standard InChI is InChI=1S/C23H34N4O3/c1-17(20(28)25-22(30)24-19-11-7-8-12-19)26-13-15-27(16-14-26)21(29)23(2,3)18-9-5-4-6-10-18/h4-6,9-10,17,19H,7-8,11-16H2,1-3H3,(H2,24,25,28,30)/t17-/m1/s1. The molecule has 1 heterocycles. The van der Waals surface area contributed by atoms with Crippen molar-refractivity contribution in [3.05, 3.63) is 35.9 Å². The van der Waals surface area contributed by atoms with Crippen molar-refractivity contribution in [1.29, 1.82) is 0 Å². The smallest absolute Gasteiger partial charge is 0.321 e. The Morgan fingerprint density at radius 1 is 1.00 bits per heavy atom.